The van der Waals surface area contributed by atoms with E-state index in [0.29, 0.717) is 30.6 Å². The molecule has 1 aliphatic carbocycles. The summed E-state index contributed by atoms with van der Waals surface area (Å²) in [7, 11) is 0. The van der Waals surface area contributed by atoms with Crippen molar-refractivity contribution in [3.63, 3.8) is 0 Å². The molecule has 0 spiro atoms. The highest BCUT2D eigenvalue weighted by Gasteiger charge is 2.40. The lowest BCUT2D eigenvalue weighted by Gasteiger charge is -2.40. The molecule has 0 bridgehead atoms. The normalized spacial score (nSPS) is 23.3. The molecule has 0 radical (unpaired) electrons. The monoisotopic (exact) mass is 516 g/mol. The molecule has 3 amide bonds. The highest BCUT2D eigenvalue weighted by Crippen LogP contribution is 2.37. The van der Waals surface area contributed by atoms with Crippen molar-refractivity contribution in [1.82, 2.24) is 15.5 Å². The summed E-state index contributed by atoms with van der Waals surface area (Å²) in [5.74, 6) is -0.712. The van der Waals surface area contributed by atoms with Crippen LogP contribution in [0.2, 0.25) is 0 Å². The molecule has 2 fully saturated rings. The average Bonchev–Trinajstić information content (AvgIpc) is 3.27. The van der Waals surface area contributed by atoms with Crippen molar-refractivity contribution in [1.29, 1.82) is 0 Å². The van der Waals surface area contributed by atoms with E-state index in [2.05, 4.69) is 58.9 Å². The lowest BCUT2D eigenvalue weighted by atomic mass is 9.89. The number of anilines is 1. The van der Waals surface area contributed by atoms with E-state index >= 15 is 0 Å². The molecule has 38 heavy (non-hydrogen) atoms. The minimum atomic E-state index is -0.583. The van der Waals surface area contributed by atoms with Gasteiger partial charge in [0.1, 0.15) is 6.04 Å². The van der Waals surface area contributed by atoms with Crippen LogP contribution in [0.1, 0.15) is 86.2 Å². The van der Waals surface area contributed by atoms with Gasteiger partial charge in [-0.2, -0.15) is 0 Å². The molecule has 1 saturated heterocycles. The number of imide groups is 1. The van der Waals surface area contributed by atoms with Gasteiger partial charge in [0.05, 0.1) is 0 Å². The number of benzene rings is 2. The number of unbranched alkanes of at least 4 members (excludes halogenated alkanes) is 2. The summed E-state index contributed by atoms with van der Waals surface area (Å²) in [6, 6.07) is 17.0. The molecule has 2 aliphatic heterocycles. The number of hydrogen-bond donors (Lipinski definition) is 2. The van der Waals surface area contributed by atoms with E-state index in [9.17, 15) is 14.4 Å². The highest BCUT2D eigenvalue weighted by atomic mass is 16.2. The van der Waals surface area contributed by atoms with Crippen molar-refractivity contribution in [2.45, 2.75) is 95.9 Å². The first-order valence-corrected chi connectivity index (χ1v) is 14.4. The topological polar surface area (TPSA) is 81.8 Å². The van der Waals surface area contributed by atoms with Gasteiger partial charge in [-0.05, 0) is 56.2 Å². The van der Waals surface area contributed by atoms with Crippen LogP contribution >= 0.6 is 0 Å². The fourth-order valence-corrected chi connectivity index (χ4v) is 6.32. The van der Waals surface area contributed by atoms with E-state index in [1.807, 2.05) is 12.1 Å². The zero-order chi connectivity index (χ0) is 26.5. The molecule has 1 unspecified atom stereocenters. The summed E-state index contributed by atoms with van der Waals surface area (Å²) in [5.41, 5.74) is 4.19. The van der Waals surface area contributed by atoms with Gasteiger partial charge in [0, 0.05) is 55.0 Å². The average molecular weight is 517 g/mol. The standard InChI is InChI=1S/C31H40N4O3/c1-2-3-7-19-34(24-15-13-23(14-16-24)32-20-22-9-5-4-6-10-22)27-12-8-11-25-26(27)21-35(31(25)38)28-17-18-29(36)33-30(28)37/h4-6,8-12,23-24,28,32H,2-3,7,13-21H2,1H3,(H,33,36,37). The Hall–Kier alpha value is -3.19. The second kappa shape index (κ2) is 12.1. The maximum atomic E-state index is 13.4. The summed E-state index contributed by atoms with van der Waals surface area (Å²) in [6.45, 7) is 4.53. The molecule has 202 valence electrons. The van der Waals surface area contributed by atoms with Crippen LogP contribution in [0, 0.1) is 0 Å². The van der Waals surface area contributed by atoms with E-state index in [0.717, 1.165) is 56.4 Å². The maximum Gasteiger partial charge on any atom is 0.255 e. The van der Waals surface area contributed by atoms with Crippen molar-refractivity contribution in [3.8, 4) is 0 Å². The molecule has 3 aliphatic rings. The molecule has 5 rings (SSSR count). The number of amides is 3. The Morgan fingerprint density at radius 2 is 1.74 bits per heavy atom. The van der Waals surface area contributed by atoms with Crippen LogP contribution in [0.25, 0.3) is 0 Å². The van der Waals surface area contributed by atoms with Gasteiger partial charge in [0.15, 0.2) is 0 Å². The van der Waals surface area contributed by atoms with Gasteiger partial charge in [-0.25, -0.2) is 0 Å². The summed E-state index contributed by atoms with van der Waals surface area (Å²) in [4.78, 5) is 41.9. The summed E-state index contributed by atoms with van der Waals surface area (Å²) >= 11 is 0. The molecule has 2 N–H and O–H groups in total. The van der Waals surface area contributed by atoms with E-state index in [-0.39, 0.29) is 24.1 Å². The Bertz CT molecular complexity index is 1140. The van der Waals surface area contributed by atoms with E-state index in [4.69, 9.17) is 0 Å². The van der Waals surface area contributed by atoms with Crippen molar-refractivity contribution in [2.24, 2.45) is 0 Å². The predicted molar refractivity (Wildman–Crippen MR) is 149 cm³/mol. The van der Waals surface area contributed by atoms with Gasteiger partial charge in [0.2, 0.25) is 11.8 Å². The summed E-state index contributed by atoms with van der Waals surface area (Å²) in [6.07, 6.45) is 8.64. The third-order valence-corrected chi connectivity index (χ3v) is 8.44. The summed E-state index contributed by atoms with van der Waals surface area (Å²) in [5, 5.41) is 6.17. The number of carbonyl (C=O) groups excluding carboxylic acids is 3. The fraction of sp³-hybridized carbons (Fsp3) is 0.516. The minimum Gasteiger partial charge on any atom is -0.368 e. The third kappa shape index (κ3) is 5.78. The first kappa shape index (κ1) is 26.4. The largest absolute Gasteiger partial charge is 0.368 e. The number of nitrogens with one attached hydrogen (secondary N) is 2. The molecule has 7 heteroatoms. The van der Waals surface area contributed by atoms with Crippen molar-refractivity contribution >= 4 is 23.4 Å². The zero-order valence-corrected chi connectivity index (χ0v) is 22.5. The van der Waals surface area contributed by atoms with E-state index in [1.54, 1.807) is 4.90 Å². The Labute approximate surface area is 226 Å². The molecule has 1 atom stereocenters. The molecule has 7 nitrogen and oxygen atoms in total. The van der Waals surface area contributed by atoms with Crippen molar-refractivity contribution < 1.29 is 14.4 Å². The second-order valence-corrected chi connectivity index (χ2v) is 11.0. The fourth-order valence-electron chi connectivity index (χ4n) is 6.32. The van der Waals surface area contributed by atoms with Crippen LogP contribution in [0.15, 0.2) is 48.5 Å². The number of nitrogens with zero attached hydrogens (tertiary/aromatic N) is 2. The molecular formula is C31H40N4O3. The number of fused-ring (bicyclic) bond motifs is 1. The Balaban J connectivity index is 1.30. The van der Waals surface area contributed by atoms with E-state index in [1.165, 1.54) is 18.4 Å². The first-order chi connectivity index (χ1) is 18.5. The lowest BCUT2D eigenvalue weighted by Crippen LogP contribution is -2.52. The number of rotatable bonds is 10. The van der Waals surface area contributed by atoms with Crippen LogP contribution in [-0.2, 0) is 22.7 Å². The molecule has 2 aromatic carbocycles. The van der Waals surface area contributed by atoms with Crippen molar-refractivity contribution in [2.75, 3.05) is 11.4 Å². The van der Waals surface area contributed by atoms with Crippen LogP contribution in [0.5, 0.6) is 0 Å². The van der Waals surface area contributed by atoms with Gasteiger partial charge >= 0.3 is 0 Å². The number of piperidine rings is 1. The first-order valence-electron chi connectivity index (χ1n) is 14.4. The SMILES string of the molecule is CCCCCN(c1cccc2c1CN(C1CCC(=O)NC1=O)C2=O)C1CCC(NCc2ccccc2)CC1. The third-order valence-electron chi connectivity index (χ3n) is 8.44. The molecule has 1 saturated carbocycles. The van der Waals surface area contributed by atoms with Gasteiger partial charge in [0.25, 0.3) is 5.91 Å². The van der Waals surface area contributed by atoms with Crippen LogP contribution in [0.3, 0.4) is 0 Å². The molecular weight excluding hydrogens is 476 g/mol. The molecule has 0 aromatic heterocycles. The Morgan fingerprint density at radius 3 is 2.47 bits per heavy atom. The van der Waals surface area contributed by atoms with Gasteiger partial charge in [-0.3, -0.25) is 19.7 Å². The lowest BCUT2D eigenvalue weighted by molar-refractivity contribution is -0.136. The maximum absolute atomic E-state index is 13.4. The van der Waals surface area contributed by atoms with Crippen LogP contribution in [0.4, 0.5) is 5.69 Å². The molecule has 2 heterocycles. The predicted octanol–water partition coefficient (Wildman–Crippen LogP) is 4.55. The van der Waals surface area contributed by atoms with Gasteiger partial charge in [-0.15, -0.1) is 0 Å². The van der Waals surface area contributed by atoms with E-state index < -0.39 is 6.04 Å². The second-order valence-electron chi connectivity index (χ2n) is 11.0. The van der Waals surface area contributed by atoms with Crippen molar-refractivity contribution in [3.05, 3.63) is 65.2 Å². The van der Waals surface area contributed by atoms with Crippen LogP contribution in [-0.4, -0.2) is 47.3 Å². The number of hydrogen-bond acceptors (Lipinski definition) is 5. The van der Waals surface area contributed by atoms with Crippen LogP contribution < -0.4 is 15.5 Å². The smallest absolute Gasteiger partial charge is 0.255 e. The Kier molecular flexibility index (Phi) is 8.42. The quantitative estimate of drug-likeness (QED) is 0.358. The Morgan fingerprint density at radius 1 is 0.947 bits per heavy atom. The van der Waals surface area contributed by atoms with Gasteiger partial charge < -0.3 is 15.1 Å². The summed E-state index contributed by atoms with van der Waals surface area (Å²) < 4.78 is 0. The zero-order valence-electron chi connectivity index (χ0n) is 22.5. The van der Waals surface area contributed by atoms with Gasteiger partial charge in [-0.1, -0.05) is 56.2 Å². The number of carbonyl (C=O) groups is 3. The highest BCUT2D eigenvalue weighted by molar-refractivity contribution is 6.06. The molecule has 2 aromatic rings. The minimum absolute atomic E-state index is 0.0984.